The summed E-state index contributed by atoms with van der Waals surface area (Å²) in [6.07, 6.45) is 0.349. The lowest BCUT2D eigenvalue weighted by molar-refractivity contribution is -0.140. The zero-order valence-corrected chi connectivity index (χ0v) is 27.1. The minimum Gasteiger partial charge on any atom is -0.493 e. The molecule has 0 aliphatic rings. The summed E-state index contributed by atoms with van der Waals surface area (Å²) < 4.78 is 40.4. The van der Waals surface area contributed by atoms with Crippen molar-refractivity contribution in [2.24, 2.45) is 0 Å². The second-order valence-electron chi connectivity index (χ2n) is 10.9. The van der Waals surface area contributed by atoms with Crippen LogP contribution in [0.15, 0.2) is 65.6 Å². The zero-order chi connectivity index (χ0) is 31.9. The predicted molar refractivity (Wildman–Crippen MR) is 169 cm³/mol. The highest BCUT2D eigenvalue weighted by atomic mass is 32.2. The summed E-state index contributed by atoms with van der Waals surface area (Å²) in [4.78, 5) is 29.1. The fourth-order valence-electron chi connectivity index (χ4n) is 5.00. The number of methoxy groups -OCH3 is 2. The van der Waals surface area contributed by atoms with Gasteiger partial charge in [0.2, 0.25) is 11.8 Å². The molecule has 0 aliphatic carbocycles. The van der Waals surface area contributed by atoms with Gasteiger partial charge >= 0.3 is 0 Å². The molecule has 0 unspecified atom stereocenters. The van der Waals surface area contributed by atoms with Gasteiger partial charge in [-0.2, -0.15) is 0 Å². The van der Waals surface area contributed by atoms with Crippen molar-refractivity contribution in [3.05, 3.63) is 82.9 Å². The van der Waals surface area contributed by atoms with E-state index >= 15 is 0 Å². The number of carbonyl (C=O) groups excluding carboxylic acids is 2. The lowest BCUT2D eigenvalue weighted by Gasteiger charge is -2.34. The molecule has 3 rings (SSSR count). The monoisotopic (exact) mass is 609 g/mol. The van der Waals surface area contributed by atoms with Crippen molar-refractivity contribution in [3.63, 3.8) is 0 Å². The summed E-state index contributed by atoms with van der Waals surface area (Å²) in [6, 6.07) is 16.4. The van der Waals surface area contributed by atoms with Gasteiger partial charge in [-0.05, 0) is 87.6 Å². The lowest BCUT2D eigenvalue weighted by atomic mass is 10.1. The number of benzene rings is 3. The molecule has 232 valence electrons. The fourth-order valence-corrected chi connectivity index (χ4v) is 6.41. The number of hydrogen-bond donors (Lipinski definition) is 1. The number of nitrogens with zero attached hydrogens (tertiary/aromatic N) is 2. The quantitative estimate of drug-likeness (QED) is 0.287. The number of aryl methyl sites for hydroxylation is 3. The van der Waals surface area contributed by atoms with Gasteiger partial charge in [-0.1, -0.05) is 37.3 Å². The maximum atomic E-state index is 14.3. The molecule has 43 heavy (non-hydrogen) atoms. The number of amides is 2. The molecule has 9 nitrogen and oxygen atoms in total. The van der Waals surface area contributed by atoms with E-state index < -0.39 is 28.5 Å². The van der Waals surface area contributed by atoms with Crippen LogP contribution in [0.4, 0.5) is 5.69 Å². The van der Waals surface area contributed by atoms with Crippen LogP contribution in [0.3, 0.4) is 0 Å². The van der Waals surface area contributed by atoms with Crippen molar-refractivity contribution in [3.8, 4) is 11.5 Å². The Morgan fingerprint density at radius 3 is 2.07 bits per heavy atom. The Hall–Kier alpha value is -4.05. The van der Waals surface area contributed by atoms with Crippen molar-refractivity contribution < 1.29 is 27.5 Å². The number of carbonyl (C=O) groups is 2. The molecule has 1 atom stereocenters. The number of ether oxygens (including phenoxy) is 2. The Labute approximate surface area is 255 Å². The predicted octanol–water partition coefficient (Wildman–Crippen LogP) is 5.16. The topological polar surface area (TPSA) is 105 Å². The first kappa shape index (κ1) is 33.5. The van der Waals surface area contributed by atoms with E-state index in [1.165, 1.54) is 37.3 Å². The van der Waals surface area contributed by atoms with E-state index in [4.69, 9.17) is 9.47 Å². The van der Waals surface area contributed by atoms with Crippen LogP contribution in [-0.4, -0.2) is 58.0 Å². The minimum absolute atomic E-state index is 0.0628. The first-order chi connectivity index (χ1) is 20.3. The Kier molecular flexibility index (Phi) is 11.2. The highest BCUT2D eigenvalue weighted by Gasteiger charge is 2.34. The maximum absolute atomic E-state index is 14.3. The van der Waals surface area contributed by atoms with Gasteiger partial charge < -0.3 is 19.7 Å². The molecule has 0 aromatic heterocycles. The van der Waals surface area contributed by atoms with E-state index in [9.17, 15) is 18.0 Å². The van der Waals surface area contributed by atoms with Gasteiger partial charge in [-0.25, -0.2) is 8.42 Å². The number of hydrogen-bond acceptors (Lipinski definition) is 6. The smallest absolute Gasteiger partial charge is 0.264 e. The summed E-state index contributed by atoms with van der Waals surface area (Å²) in [5, 5.41) is 2.92. The highest BCUT2D eigenvalue weighted by Crippen LogP contribution is 2.33. The normalized spacial score (nSPS) is 12.0. The molecule has 0 radical (unpaired) electrons. The number of rotatable bonds is 13. The Bertz CT molecular complexity index is 1530. The van der Waals surface area contributed by atoms with E-state index in [0.29, 0.717) is 17.9 Å². The molecular formula is C33H43N3O6S. The summed E-state index contributed by atoms with van der Waals surface area (Å²) >= 11 is 0. The molecule has 3 aromatic rings. The Balaban J connectivity index is 2.15. The van der Waals surface area contributed by atoms with E-state index in [-0.39, 0.29) is 29.1 Å². The molecule has 0 saturated carbocycles. The summed E-state index contributed by atoms with van der Waals surface area (Å²) in [7, 11) is -1.38. The van der Waals surface area contributed by atoms with Crippen LogP contribution in [0.2, 0.25) is 0 Å². The molecule has 0 fully saturated rings. The van der Waals surface area contributed by atoms with Gasteiger partial charge in [0.1, 0.15) is 12.6 Å². The lowest BCUT2D eigenvalue weighted by Crippen LogP contribution is -2.53. The average molecular weight is 610 g/mol. The third-order valence-electron chi connectivity index (χ3n) is 7.14. The van der Waals surface area contributed by atoms with Gasteiger partial charge in [-0.15, -0.1) is 0 Å². The van der Waals surface area contributed by atoms with Crippen LogP contribution in [0.1, 0.15) is 49.4 Å². The van der Waals surface area contributed by atoms with Gasteiger partial charge in [0.15, 0.2) is 11.5 Å². The Morgan fingerprint density at radius 1 is 0.884 bits per heavy atom. The SMILES string of the molecule is CC[C@@H](C(=O)NC(C)C)N(Cc1ccccc1C)C(=O)CN(c1cc(C)cc(C)c1)S(=O)(=O)c1ccc(OC)c(OC)c1. The molecule has 10 heteroatoms. The first-order valence-electron chi connectivity index (χ1n) is 14.3. The number of nitrogens with one attached hydrogen (secondary N) is 1. The van der Waals surface area contributed by atoms with Crippen LogP contribution in [0.5, 0.6) is 11.5 Å². The molecule has 0 bridgehead atoms. The van der Waals surface area contributed by atoms with Crippen molar-refractivity contribution in [1.82, 2.24) is 10.2 Å². The number of sulfonamides is 1. The molecule has 1 N–H and O–H groups in total. The van der Waals surface area contributed by atoms with E-state index in [2.05, 4.69) is 5.32 Å². The molecular weight excluding hydrogens is 566 g/mol. The maximum Gasteiger partial charge on any atom is 0.264 e. The average Bonchev–Trinajstić information content (AvgIpc) is 2.95. The highest BCUT2D eigenvalue weighted by molar-refractivity contribution is 7.92. The van der Waals surface area contributed by atoms with Crippen LogP contribution < -0.4 is 19.1 Å². The van der Waals surface area contributed by atoms with Gasteiger partial charge in [0.25, 0.3) is 10.0 Å². The van der Waals surface area contributed by atoms with Crippen LogP contribution >= 0.6 is 0 Å². The molecule has 0 saturated heterocycles. The molecule has 0 heterocycles. The second-order valence-corrected chi connectivity index (χ2v) is 12.8. The van der Waals surface area contributed by atoms with Crippen molar-refractivity contribution in [2.75, 3.05) is 25.1 Å². The molecule has 3 aromatic carbocycles. The second kappa shape index (κ2) is 14.4. The minimum atomic E-state index is -4.28. The van der Waals surface area contributed by atoms with Crippen LogP contribution in [-0.2, 0) is 26.2 Å². The van der Waals surface area contributed by atoms with E-state index in [1.54, 1.807) is 12.1 Å². The largest absolute Gasteiger partial charge is 0.493 e. The van der Waals surface area contributed by atoms with E-state index in [0.717, 1.165) is 26.6 Å². The summed E-state index contributed by atoms with van der Waals surface area (Å²) in [5.41, 5.74) is 3.86. The van der Waals surface area contributed by atoms with E-state index in [1.807, 2.05) is 71.9 Å². The van der Waals surface area contributed by atoms with Crippen LogP contribution in [0, 0.1) is 20.8 Å². The first-order valence-corrected chi connectivity index (χ1v) is 15.7. The summed E-state index contributed by atoms with van der Waals surface area (Å²) in [5.74, 6) is -0.174. The van der Waals surface area contributed by atoms with Crippen molar-refractivity contribution in [2.45, 2.75) is 71.5 Å². The Morgan fingerprint density at radius 2 is 1.51 bits per heavy atom. The van der Waals surface area contributed by atoms with Crippen LogP contribution in [0.25, 0.3) is 0 Å². The zero-order valence-electron chi connectivity index (χ0n) is 26.3. The number of anilines is 1. The van der Waals surface area contributed by atoms with Gasteiger partial charge in [0, 0.05) is 18.7 Å². The van der Waals surface area contributed by atoms with Crippen molar-refractivity contribution >= 4 is 27.5 Å². The third kappa shape index (κ3) is 8.07. The van der Waals surface area contributed by atoms with Crippen molar-refractivity contribution in [1.29, 1.82) is 0 Å². The fraction of sp³-hybridized carbons (Fsp3) is 0.394. The third-order valence-corrected chi connectivity index (χ3v) is 8.90. The molecule has 2 amide bonds. The molecule has 0 spiro atoms. The van der Waals surface area contributed by atoms with Gasteiger partial charge in [-0.3, -0.25) is 13.9 Å². The standard InChI is InChI=1S/C33H43N3O6S/c1-9-29(33(38)34-22(2)3)35(20-26-13-11-10-12-25(26)6)32(37)21-36(27-17-23(4)16-24(5)18-27)43(39,40)28-14-15-30(41-7)31(19-28)42-8/h10-19,22,29H,9,20-21H2,1-8H3,(H,34,38)/t29-/m0/s1. The molecule has 0 aliphatic heterocycles. The van der Waals surface area contributed by atoms with Gasteiger partial charge in [0.05, 0.1) is 24.8 Å². The summed E-state index contributed by atoms with van der Waals surface area (Å²) in [6.45, 7) is 10.9.